The standard InChI is InChI=1S/C12H13N5O/c1-6-5-15-12(18-6)11-16-9-3-2-7(13)4-8(9)10(14)17-11/h2-4,6H,5,13H2,1H3,(H2,14,16,17). The molecule has 92 valence electrons. The molecule has 0 bridgehead atoms. The first-order valence-electron chi connectivity index (χ1n) is 5.68. The van der Waals surface area contributed by atoms with Crippen molar-refractivity contribution < 1.29 is 4.74 Å². The number of nitrogens with zero attached hydrogens (tertiary/aromatic N) is 3. The van der Waals surface area contributed by atoms with Gasteiger partial charge >= 0.3 is 0 Å². The zero-order valence-electron chi connectivity index (χ0n) is 9.92. The Labute approximate surface area is 104 Å². The molecular weight excluding hydrogens is 230 g/mol. The predicted octanol–water partition coefficient (Wildman–Crippen LogP) is 0.960. The van der Waals surface area contributed by atoms with E-state index in [1.165, 1.54) is 0 Å². The summed E-state index contributed by atoms with van der Waals surface area (Å²) in [6, 6.07) is 5.35. The summed E-state index contributed by atoms with van der Waals surface area (Å²) in [5.41, 5.74) is 13.0. The number of rotatable bonds is 1. The molecular formula is C12H13N5O. The average molecular weight is 243 g/mol. The van der Waals surface area contributed by atoms with E-state index in [-0.39, 0.29) is 6.10 Å². The summed E-state index contributed by atoms with van der Waals surface area (Å²) < 4.78 is 5.52. The quantitative estimate of drug-likeness (QED) is 0.727. The van der Waals surface area contributed by atoms with Crippen LogP contribution in [0.5, 0.6) is 0 Å². The maximum absolute atomic E-state index is 5.91. The van der Waals surface area contributed by atoms with Crippen molar-refractivity contribution in [1.29, 1.82) is 0 Å². The van der Waals surface area contributed by atoms with E-state index in [4.69, 9.17) is 16.2 Å². The van der Waals surface area contributed by atoms with Crippen LogP contribution in [-0.2, 0) is 4.74 Å². The summed E-state index contributed by atoms with van der Waals surface area (Å²) in [5.74, 6) is 1.26. The molecule has 0 radical (unpaired) electrons. The minimum atomic E-state index is 0.0620. The zero-order valence-corrected chi connectivity index (χ0v) is 9.92. The molecule has 1 aromatic heterocycles. The van der Waals surface area contributed by atoms with Crippen molar-refractivity contribution in [1.82, 2.24) is 9.97 Å². The molecule has 6 heteroatoms. The van der Waals surface area contributed by atoms with Crippen LogP contribution >= 0.6 is 0 Å². The Morgan fingerprint density at radius 2 is 2.11 bits per heavy atom. The number of anilines is 2. The van der Waals surface area contributed by atoms with Gasteiger partial charge in [0, 0.05) is 11.1 Å². The van der Waals surface area contributed by atoms with Gasteiger partial charge < -0.3 is 16.2 Å². The Morgan fingerprint density at radius 3 is 2.83 bits per heavy atom. The van der Waals surface area contributed by atoms with Gasteiger partial charge in [-0.1, -0.05) is 0 Å². The fourth-order valence-corrected chi connectivity index (χ4v) is 1.87. The molecule has 1 aromatic carbocycles. The Bertz CT molecular complexity index is 652. The Hall–Kier alpha value is -2.37. The van der Waals surface area contributed by atoms with E-state index in [1.54, 1.807) is 12.1 Å². The van der Waals surface area contributed by atoms with Gasteiger partial charge in [0.1, 0.15) is 11.9 Å². The molecule has 0 aliphatic carbocycles. The fraction of sp³-hybridized carbons (Fsp3) is 0.250. The normalized spacial score (nSPS) is 18.7. The number of hydrogen-bond acceptors (Lipinski definition) is 6. The Morgan fingerprint density at radius 1 is 1.28 bits per heavy atom. The highest BCUT2D eigenvalue weighted by Crippen LogP contribution is 2.21. The summed E-state index contributed by atoms with van der Waals surface area (Å²) in [6.07, 6.45) is 0.0620. The number of nitrogens with two attached hydrogens (primary N) is 2. The second-order valence-corrected chi connectivity index (χ2v) is 4.28. The van der Waals surface area contributed by atoms with Gasteiger partial charge in [-0.2, -0.15) is 0 Å². The molecule has 6 nitrogen and oxygen atoms in total. The lowest BCUT2D eigenvalue weighted by atomic mass is 10.2. The molecule has 2 heterocycles. The molecule has 2 aromatic rings. The van der Waals surface area contributed by atoms with Crippen LogP contribution < -0.4 is 11.5 Å². The minimum Gasteiger partial charge on any atom is -0.470 e. The lowest BCUT2D eigenvalue weighted by Gasteiger charge is -2.07. The van der Waals surface area contributed by atoms with E-state index in [0.717, 1.165) is 10.9 Å². The lowest BCUT2D eigenvalue weighted by molar-refractivity contribution is 0.245. The Balaban J connectivity index is 2.13. The van der Waals surface area contributed by atoms with Crippen molar-refractivity contribution in [3.63, 3.8) is 0 Å². The van der Waals surface area contributed by atoms with Crippen LogP contribution in [0.15, 0.2) is 23.2 Å². The van der Waals surface area contributed by atoms with Crippen LogP contribution in [0.2, 0.25) is 0 Å². The maximum atomic E-state index is 5.91. The first-order valence-corrected chi connectivity index (χ1v) is 5.68. The molecule has 18 heavy (non-hydrogen) atoms. The van der Waals surface area contributed by atoms with Gasteiger partial charge in [0.25, 0.3) is 5.90 Å². The second-order valence-electron chi connectivity index (χ2n) is 4.28. The molecule has 0 saturated heterocycles. The molecule has 4 N–H and O–H groups in total. The summed E-state index contributed by atoms with van der Waals surface area (Å²) in [5, 5.41) is 0.741. The number of nitrogen functional groups attached to an aromatic ring is 2. The van der Waals surface area contributed by atoms with E-state index >= 15 is 0 Å². The molecule has 1 atom stereocenters. The number of hydrogen-bond donors (Lipinski definition) is 2. The topological polar surface area (TPSA) is 99.4 Å². The second kappa shape index (κ2) is 3.83. The Kier molecular flexibility index (Phi) is 2.29. The zero-order chi connectivity index (χ0) is 12.7. The van der Waals surface area contributed by atoms with Crippen molar-refractivity contribution >= 4 is 28.3 Å². The molecule has 0 amide bonds. The van der Waals surface area contributed by atoms with E-state index in [0.29, 0.717) is 29.8 Å². The monoisotopic (exact) mass is 243 g/mol. The number of aromatic nitrogens is 2. The highest BCUT2D eigenvalue weighted by Gasteiger charge is 2.20. The average Bonchev–Trinajstić information content (AvgIpc) is 2.77. The third-order valence-corrected chi connectivity index (χ3v) is 2.75. The van der Waals surface area contributed by atoms with Gasteiger partial charge in [-0.05, 0) is 25.1 Å². The number of ether oxygens (including phenoxy) is 1. The highest BCUT2D eigenvalue weighted by atomic mass is 16.5. The maximum Gasteiger partial charge on any atom is 0.255 e. The number of aliphatic imine (C=N–C) groups is 1. The largest absolute Gasteiger partial charge is 0.470 e. The van der Waals surface area contributed by atoms with Crippen LogP contribution in [0.25, 0.3) is 10.9 Å². The van der Waals surface area contributed by atoms with Crippen molar-refractivity contribution in [2.45, 2.75) is 13.0 Å². The third-order valence-electron chi connectivity index (χ3n) is 2.75. The first kappa shape index (κ1) is 10.8. The fourth-order valence-electron chi connectivity index (χ4n) is 1.87. The third kappa shape index (κ3) is 1.71. The van der Waals surface area contributed by atoms with Gasteiger partial charge in [-0.25, -0.2) is 15.0 Å². The number of benzene rings is 1. The molecule has 1 aliphatic heterocycles. The van der Waals surface area contributed by atoms with Crippen molar-refractivity contribution in [2.24, 2.45) is 4.99 Å². The van der Waals surface area contributed by atoms with E-state index in [1.807, 2.05) is 13.0 Å². The smallest absolute Gasteiger partial charge is 0.255 e. The van der Waals surface area contributed by atoms with E-state index in [2.05, 4.69) is 15.0 Å². The molecule has 0 spiro atoms. The van der Waals surface area contributed by atoms with Crippen LogP contribution in [-0.4, -0.2) is 28.5 Å². The molecule has 0 saturated carbocycles. The molecule has 0 fully saturated rings. The molecule has 1 unspecified atom stereocenters. The van der Waals surface area contributed by atoms with Gasteiger partial charge in [-0.3, -0.25) is 0 Å². The van der Waals surface area contributed by atoms with E-state index < -0.39 is 0 Å². The summed E-state index contributed by atoms with van der Waals surface area (Å²) >= 11 is 0. The lowest BCUT2D eigenvalue weighted by Crippen LogP contribution is -2.13. The summed E-state index contributed by atoms with van der Waals surface area (Å²) in [7, 11) is 0. The van der Waals surface area contributed by atoms with Gasteiger partial charge in [-0.15, -0.1) is 0 Å². The van der Waals surface area contributed by atoms with Crippen LogP contribution in [0.1, 0.15) is 12.7 Å². The molecule has 1 aliphatic rings. The minimum absolute atomic E-state index is 0.0620. The van der Waals surface area contributed by atoms with E-state index in [9.17, 15) is 0 Å². The van der Waals surface area contributed by atoms with Crippen LogP contribution in [0, 0.1) is 0 Å². The molecule has 3 rings (SSSR count). The summed E-state index contributed by atoms with van der Waals surface area (Å²) in [4.78, 5) is 12.8. The van der Waals surface area contributed by atoms with Crippen molar-refractivity contribution in [3.05, 3.63) is 24.0 Å². The highest BCUT2D eigenvalue weighted by molar-refractivity contribution is 5.97. The van der Waals surface area contributed by atoms with Crippen LogP contribution in [0.4, 0.5) is 11.5 Å². The van der Waals surface area contributed by atoms with Crippen LogP contribution in [0.3, 0.4) is 0 Å². The predicted molar refractivity (Wildman–Crippen MR) is 70.3 cm³/mol. The van der Waals surface area contributed by atoms with Gasteiger partial charge in [0.05, 0.1) is 12.1 Å². The van der Waals surface area contributed by atoms with Gasteiger partial charge in [0.2, 0.25) is 5.82 Å². The number of fused-ring (bicyclic) bond motifs is 1. The summed E-state index contributed by atoms with van der Waals surface area (Å²) in [6.45, 7) is 2.57. The van der Waals surface area contributed by atoms with Gasteiger partial charge in [0.15, 0.2) is 0 Å². The first-order chi connectivity index (χ1) is 8.63. The van der Waals surface area contributed by atoms with Crippen molar-refractivity contribution in [3.8, 4) is 0 Å². The SMILES string of the molecule is CC1CN=C(c2nc(N)c3cc(N)ccc3n2)O1. The van der Waals surface area contributed by atoms with Crippen molar-refractivity contribution in [2.75, 3.05) is 18.0 Å².